The highest BCUT2D eigenvalue weighted by Gasteiger charge is 2.29. The fourth-order valence-electron chi connectivity index (χ4n) is 2.50. The highest BCUT2D eigenvalue weighted by atomic mass is 35.5. The Morgan fingerprint density at radius 1 is 1.26 bits per heavy atom. The standard InChI is InChI=1S/C16H16ClN3O2S/c1-22-15-7-6-13(18-19-15)16(21)20-8-9-23-10-14(20)11-2-4-12(17)5-3-11/h2-7,14H,8-10H2,1H3/t14-/m0/s1. The molecular formula is C16H16ClN3O2S. The molecule has 0 aliphatic carbocycles. The molecule has 1 aliphatic heterocycles. The van der Waals surface area contributed by atoms with E-state index in [9.17, 15) is 4.79 Å². The lowest BCUT2D eigenvalue weighted by atomic mass is 10.1. The van der Waals surface area contributed by atoms with Crippen molar-refractivity contribution in [3.8, 4) is 5.88 Å². The lowest BCUT2D eigenvalue weighted by Gasteiger charge is -2.35. The maximum absolute atomic E-state index is 12.8. The number of methoxy groups -OCH3 is 1. The number of aromatic nitrogens is 2. The van der Waals surface area contributed by atoms with Crippen LogP contribution in [0.5, 0.6) is 5.88 Å². The first-order valence-corrected chi connectivity index (χ1v) is 8.74. The lowest BCUT2D eigenvalue weighted by molar-refractivity contribution is 0.0694. The van der Waals surface area contributed by atoms with E-state index in [1.165, 1.54) is 7.11 Å². The van der Waals surface area contributed by atoms with E-state index >= 15 is 0 Å². The number of thioether (sulfide) groups is 1. The number of amides is 1. The summed E-state index contributed by atoms with van der Waals surface area (Å²) < 4.78 is 4.98. The zero-order valence-corrected chi connectivity index (χ0v) is 14.2. The van der Waals surface area contributed by atoms with E-state index < -0.39 is 0 Å². The van der Waals surface area contributed by atoms with Gasteiger partial charge in [0, 0.05) is 29.1 Å². The first-order chi connectivity index (χ1) is 11.2. The first-order valence-electron chi connectivity index (χ1n) is 7.21. The van der Waals surface area contributed by atoms with Gasteiger partial charge in [0.25, 0.3) is 5.91 Å². The molecule has 2 heterocycles. The van der Waals surface area contributed by atoms with Crippen LogP contribution in [0.4, 0.5) is 0 Å². The second-order valence-corrected chi connectivity index (χ2v) is 6.69. The number of hydrogen-bond acceptors (Lipinski definition) is 5. The molecule has 1 aliphatic rings. The van der Waals surface area contributed by atoms with Gasteiger partial charge in [0.05, 0.1) is 13.2 Å². The number of ether oxygens (including phenoxy) is 1. The van der Waals surface area contributed by atoms with E-state index in [0.717, 1.165) is 17.1 Å². The molecule has 0 radical (unpaired) electrons. The van der Waals surface area contributed by atoms with E-state index in [2.05, 4.69) is 10.2 Å². The Balaban J connectivity index is 1.85. The van der Waals surface area contributed by atoms with Gasteiger partial charge in [0.1, 0.15) is 0 Å². The van der Waals surface area contributed by atoms with Crippen molar-refractivity contribution in [2.24, 2.45) is 0 Å². The summed E-state index contributed by atoms with van der Waals surface area (Å²) in [6.45, 7) is 0.685. The fraction of sp³-hybridized carbons (Fsp3) is 0.312. The van der Waals surface area contributed by atoms with Crippen molar-refractivity contribution in [1.82, 2.24) is 15.1 Å². The van der Waals surface area contributed by atoms with E-state index in [1.54, 1.807) is 12.1 Å². The minimum Gasteiger partial charge on any atom is -0.480 e. The zero-order valence-electron chi connectivity index (χ0n) is 12.6. The Bertz CT molecular complexity index is 679. The summed E-state index contributed by atoms with van der Waals surface area (Å²) in [5.74, 6) is 2.06. The maximum Gasteiger partial charge on any atom is 0.274 e. The van der Waals surface area contributed by atoms with Crippen LogP contribution in [0.2, 0.25) is 5.02 Å². The van der Waals surface area contributed by atoms with E-state index in [-0.39, 0.29) is 11.9 Å². The molecule has 5 nitrogen and oxygen atoms in total. The van der Waals surface area contributed by atoms with Gasteiger partial charge >= 0.3 is 0 Å². The predicted octanol–water partition coefficient (Wildman–Crippen LogP) is 3.07. The summed E-state index contributed by atoms with van der Waals surface area (Å²) >= 11 is 7.80. The van der Waals surface area contributed by atoms with Crippen molar-refractivity contribution in [1.29, 1.82) is 0 Å². The third-order valence-corrected chi connectivity index (χ3v) is 4.99. The third-order valence-electron chi connectivity index (χ3n) is 3.71. The van der Waals surface area contributed by atoms with Crippen LogP contribution in [-0.4, -0.2) is 46.2 Å². The number of nitrogens with zero attached hydrogens (tertiary/aromatic N) is 3. The highest BCUT2D eigenvalue weighted by molar-refractivity contribution is 7.99. The van der Waals surface area contributed by atoms with Crippen molar-refractivity contribution in [2.75, 3.05) is 25.2 Å². The van der Waals surface area contributed by atoms with Crippen molar-refractivity contribution < 1.29 is 9.53 Å². The highest BCUT2D eigenvalue weighted by Crippen LogP contribution is 2.31. The van der Waals surface area contributed by atoms with Gasteiger partial charge in [0.15, 0.2) is 5.69 Å². The summed E-state index contributed by atoms with van der Waals surface area (Å²) in [6.07, 6.45) is 0. The van der Waals surface area contributed by atoms with Crippen LogP contribution in [0.25, 0.3) is 0 Å². The van der Waals surface area contributed by atoms with E-state index in [0.29, 0.717) is 23.1 Å². The van der Waals surface area contributed by atoms with Crippen LogP contribution in [-0.2, 0) is 0 Å². The van der Waals surface area contributed by atoms with Gasteiger partial charge in [-0.25, -0.2) is 0 Å². The van der Waals surface area contributed by atoms with Crippen molar-refractivity contribution >= 4 is 29.3 Å². The molecule has 0 N–H and O–H groups in total. The van der Waals surface area contributed by atoms with E-state index in [1.807, 2.05) is 40.9 Å². The summed E-state index contributed by atoms with van der Waals surface area (Å²) in [4.78, 5) is 14.7. The fourth-order valence-corrected chi connectivity index (χ4v) is 3.71. The Morgan fingerprint density at radius 3 is 2.70 bits per heavy atom. The topological polar surface area (TPSA) is 55.3 Å². The monoisotopic (exact) mass is 349 g/mol. The molecule has 1 saturated heterocycles. The number of rotatable bonds is 3. The Morgan fingerprint density at radius 2 is 2.04 bits per heavy atom. The minimum atomic E-state index is -0.111. The molecule has 0 spiro atoms. The summed E-state index contributed by atoms with van der Waals surface area (Å²) in [7, 11) is 1.52. The molecule has 0 bridgehead atoms. The number of carbonyl (C=O) groups excluding carboxylic acids is 1. The summed E-state index contributed by atoms with van der Waals surface area (Å²) in [5.41, 5.74) is 1.41. The minimum absolute atomic E-state index is 0.0161. The predicted molar refractivity (Wildman–Crippen MR) is 91.1 cm³/mol. The lowest BCUT2D eigenvalue weighted by Crippen LogP contribution is -2.41. The van der Waals surface area contributed by atoms with Crippen LogP contribution < -0.4 is 4.74 Å². The molecule has 0 unspecified atom stereocenters. The molecule has 0 saturated carbocycles. The van der Waals surface area contributed by atoms with Gasteiger partial charge in [0.2, 0.25) is 5.88 Å². The average Bonchev–Trinajstić information content (AvgIpc) is 2.62. The summed E-state index contributed by atoms with van der Waals surface area (Å²) in [5, 5.41) is 8.54. The second kappa shape index (κ2) is 7.19. The number of hydrogen-bond donors (Lipinski definition) is 0. The van der Waals surface area contributed by atoms with Crippen LogP contribution in [0.1, 0.15) is 22.1 Å². The van der Waals surface area contributed by atoms with Gasteiger partial charge in [-0.05, 0) is 23.8 Å². The van der Waals surface area contributed by atoms with Crippen molar-refractivity contribution in [3.05, 3.63) is 52.7 Å². The van der Waals surface area contributed by atoms with E-state index in [4.69, 9.17) is 16.3 Å². The van der Waals surface area contributed by atoms with Crippen LogP contribution in [0.15, 0.2) is 36.4 Å². The van der Waals surface area contributed by atoms with Crippen molar-refractivity contribution in [2.45, 2.75) is 6.04 Å². The average molecular weight is 350 g/mol. The normalized spacial score (nSPS) is 17.8. The first kappa shape index (κ1) is 16.1. The molecule has 1 aromatic heterocycles. The molecule has 2 aromatic rings. The maximum atomic E-state index is 12.8. The number of benzene rings is 1. The molecule has 1 fully saturated rings. The van der Waals surface area contributed by atoms with Crippen LogP contribution >= 0.6 is 23.4 Å². The van der Waals surface area contributed by atoms with Gasteiger partial charge in [-0.3, -0.25) is 4.79 Å². The molecule has 1 atom stereocenters. The van der Waals surface area contributed by atoms with Gasteiger partial charge in [-0.2, -0.15) is 11.8 Å². The van der Waals surface area contributed by atoms with Crippen LogP contribution in [0.3, 0.4) is 0 Å². The zero-order chi connectivity index (χ0) is 16.2. The smallest absolute Gasteiger partial charge is 0.274 e. The molecule has 120 valence electrons. The number of carbonyl (C=O) groups is 1. The van der Waals surface area contributed by atoms with Crippen LogP contribution in [0, 0.1) is 0 Å². The van der Waals surface area contributed by atoms with Gasteiger partial charge in [-0.1, -0.05) is 23.7 Å². The van der Waals surface area contributed by atoms with Gasteiger partial charge < -0.3 is 9.64 Å². The quantitative estimate of drug-likeness (QED) is 0.852. The second-order valence-electron chi connectivity index (χ2n) is 5.10. The molecule has 7 heteroatoms. The van der Waals surface area contributed by atoms with Crippen molar-refractivity contribution in [3.63, 3.8) is 0 Å². The molecule has 23 heavy (non-hydrogen) atoms. The molecular weight excluding hydrogens is 334 g/mol. The Labute approximate surface area is 144 Å². The molecule has 3 rings (SSSR count). The SMILES string of the molecule is COc1ccc(C(=O)N2CCSC[C@H]2c2ccc(Cl)cc2)nn1. The Hall–Kier alpha value is -1.79. The Kier molecular flexibility index (Phi) is 5.03. The van der Waals surface area contributed by atoms with Gasteiger partial charge in [-0.15, -0.1) is 10.2 Å². The third kappa shape index (κ3) is 3.59. The molecule has 1 amide bonds. The number of halogens is 1. The summed E-state index contributed by atoms with van der Waals surface area (Å²) in [6, 6.07) is 11.0. The largest absolute Gasteiger partial charge is 0.480 e. The molecule has 1 aromatic carbocycles.